The van der Waals surface area contributed by atoms with E-state index in [0.29, 0.717) is 17.8 Å². The lowest BCUT2D eigenvalue weighted by Crippen LogP contribution is -2.21. The molecule has 1 nitrogen and oxygen atoms in total. The van der Waals surface area contributed by atoms with Gasteiger partial charge in [-0.25, -0.2) is 0 Å². The highest BCUT2D eigenvalue weighted by Crippen LogP contribution is 2.46. The van der Waals surface area contributed by atoms with E-state index in [-0.39, 0.29) is 0 Å². The van der Waals surface area contributed by atoms with Crippen LogP contribution in [-0.2, 0) is 6.42 Å². The topological polar surface area (TPSA) is 4.93 Å². The van der Waals surface area contributed by atoms with Crippen molar-refractivity contribution in [1.29, 1.82) is 0 Å². The first-order valence-electron chi connectivity index (χ1n) is 25.7. The van der Waals surface area contributed by atoms with Crippen LogP contribution < -0.4 is 0 Å². The van der Waals surface area contributed by atoms with E-state index in [9.17, 15) is 0 Å². The first-order valence-corrected chi connectivity index (χ1v) is 25.7. The van der Waals surface area contributed by atoms with Gasteiger partial charge >= 0.3 is 0 Å². The Kier molecular flexibility index (Phi) is 19.7. The Morgan fingerprint density at radius 2 is 1.13 bits per heavy atom. The summed E-state index contributed by atoms with van der Waals surface area (Å²) in [6.45, 7) is 29.7. The minimum absolute atomic E-state index is 0.490. The second kappa shape index (κ2) is 26.5. The summed E-state index contributed by atoms with van der Waals surface area (Å²) in [5.74, 6) is 1.53. The molecule has 1 heteroatoms. The molecule has 2 unspecified atom stereocenters. The van der Waals surface area contributed by atoms with Crippen LogP contribution in [0, 0.1) is 12.8 Å². The first-order chi connectivity index (χ1) is 34.8. The summed E-state index contributed by atoms with van der Waals surface area (Å²) in [5, 5.41) is 2.67. The van der Waals surface area contributed by atoms with E-state index in [0.717, 1.165) is 30.5 Å². The predicted octanol–water partition coefficient (Wildman–Crippen LogP) is 20.6. The molecule has 0 bridgehead atoms. The normalized spacial score (nSPS) is 14.0. The van der Waals surface area contributed by atoms with Crippen LogP contribution in [0.25, 0.3) is 66.5 Å². The van der Waals surface area contributed by atoms with E-state index in [1.54, 1.807) is 0 Å². The molecule has 0 saturated carbocycles. The summed E-state index contributed by atoms with van der Waals surface area (Å²) in [7, 11) is 0. The summed E-state index contributed by atoms with van der Waals surface area (Å²) in [4.78, 5) is 0. The van der Waals surface area contributed by atoms with Crippen molar-refractivity contribution in [2.75, 3.05) is 0 Å². The van der Waals surface area contributed by atoms with Crippen LogP contribution in [0.5, 0.6) is 0 Å². The Hall–Kier alpha value is -7.48. The van der Waals surface area contributed by atoms with Crippen molar-refractivity contribution in [3.05, 3.63) is 266 Å². The van der Waals surface area contributed by atoms with Crippen LogP contribution in [0.1, 0.15) is 100 Å². The van der Waals surface area contributed by atoms with Crippen molar-refractivity contribution < 1.29 is 0 Å². The summed E-state index contributed by atoms with van der Waals surface area (Å²) < 4.78 is 2.41. The number of aryl methyl sites for hydroxylation is 2. The van der Waals surface area contributed by atoms with Gasteiger partial charge in [-0.15, -0.1) is 13.2 Å². The van der Waals surface area contributed by atoms with E-state index in [2.05, 4.69) is 272 Å². The highest BCUT2D eigenvalue weighted by molar-refractivity contribution is 6.11. The maximum Gasteiger partial charge on any atom is 0.0569 e. The average molecular weight is 930 g/mol. The zero-order chi connectivity index (χ0) is 50.7. The monoisotopic (exact) mass is 930 g/mol. The second-order valence-corrected chi connectivity index (χ2v) is 18.0. The van der Waals surface area contributed by atoms with Crippen molar-refractivity contribution in [2.24, 2.45) is 5.92 Å². The first kappa shape index (κ1) is 52.9. The average Bonchev–Trinajstić information content (AvgIpc) is 3.80. The lowest BCUT2D eigenvalue weighted by molar-refractivity contribution is 0.404. The van der Waals surface area contributed by atoms with Crippen LogP contribution >= 0.6 is 0 Å². The number of nitrogens with zero attached hydrogens (tertiary/aromatic N) is 1. The number of fused-ring (bicyclic) bond motifs is 3. The van der Waals surface area contributed by atoms with Gasteiger partial charge in [-0.3, -0.25) is 0 Å². The Morgan fingerprint density at radius 1 is 0.592 bits per heavy atom. The Balaban J connectivity index is 0.000000191. The van der Waals surface area contributed by atoms with Gasteiger partial charge in [0.15, 0.2) is 0 Å². The molecule has 71 heavy (non-hydrogen) atoms. The van der Waals surface area contributed by atoms with Crippen molar-refractivity contribution in [2.45, 2.75) is 86.0 Å². The molecule has 8 aromatic carbocycles. The highest BCUT2D eigenvalue weighted by atomic mass is 15.0. The van der Waals surface area contributed by atoms with E-state index in [1.165, 1.54) is 89.4 Å². The smallest absolute Gasteiger partial charge is 0.0569 e. The largest absolute Gasteiger partial charge is 0.313 e. The molecule has 1 aliphatic rings. The maximum absolute atomic E-state index is 4.43. The highest BCUT2D eigenvalue weighted by Gasteiger charge is 2.31. The van der Waals surface area contributed by atoms with Crippen molar-refractivity contribution in [1.82, 2.24) is 4.57 Å². The van der Waals surface area contributed by atoms with Crippen molar-refractivity contribution in [3.63, 3.8) is 0 Å². The predicted molar refractivity (Wildman–Crippen MR) is 315 cm³/mol. The van der Waals surface area contributed by atoms with Gasteiger partial charge in [0.25, 0.3) is 0 Å². The molecule has 10 rings (SSSR count). The number of hydrogen-bond acceptors (Lipinski definition) is 0. The Bertz CT molecular complexity index is 3130. The van der Waals surface area contributed by atoms with E-state index < -0.39 is 0 Å². The zero-order valence-electron chi connectivity index (χ0n) is 43.5. The zero-order valence-corrected chi connectivity index (χ0v) is 43.5. The van der Waals surface area contributed by atoms with Crippen LogP contribution in [-0.4, -0.2) is 4.57 Å². The third-order valence-electron chi connectivity index (χ3n) is 13.8. The van der Waals surface area contributed by atoms with Crippen LogP contribution in [0.15, 0.2) is 239 Å². The van der Waals surface area contributed by atoms with Gasteiger partial charge in [0.1, 0.15) is 0 Å². The van der Waals surface area contributed by atoms with Crippen molar-refractivity contribution in [3.8, 4) is 33.4 Å². The quantitative estimate of drug-likeness (QED) is 0.120. The minimum Gasteiger partial charge on any atom is -0.313 e. The molecule has 0 aliphatic heterocycles. The number of rotatable bonds is 10. The van der Waals surface area contributed by atoms with Crippen LogP contribution in [0.4, 0.5) is 0 Å². The van der Waals surface area contributed by atoms with E-state index in [4.69, 9.17) is 0 Å². The molecular formula is C70H75N. The molecule has 1 aliphatic carbocycles. The van der Waals surface area contributed by atoms with Crippen molar-refractivity contribution >= 4 is 33.1 Å². The summed E-state index contributed by atoms with van der Waals surface area (Å²) in [6.07, 6.45) is 9.32. The minimum atomic E-state index is 0.490. The van der Waals surface area contributed by atoms with Gasteiger partial charge in [0.05, 0.1) is 11.0 Å². The lowest BCUT2D eigenvalue weighted by atomic mass is 9.70. The molecule has 0 amide bonds. The summed E-state index contributed by atoms with van der Waals surface area (Å²) >= 11 is 0. The SMILES string of the molecule is C=C.C=C(C)c1ccccc1-c1cccc(-c2ccccc2-c2ccccc2)c1.C=C(CC)n1c2ccccc2c2ccc(C3CCC=CC3[C@@H](C)c3ccccc3)c(C)c21.CC.CCc1ccccc1. The summed E-state index contributed by atoms with van der Waals surface area (Å²) in [6, 6.07) is 71.4. The third-order valence-corrected chi connectivity index (χ3v) is 13.8. The lowest BCUT2D eigenvalue weighted by Gasteiger charge is -2.34. The van der Waals surface area contributed by atoms with Gasteiger partial charge in [-0.2, -0.15) is 0 Å². The van der Waals surface area contributed by atoms with Crippen LogP contribution in [0.2, 0.25) is 0 Å². The van der Waals surface area contributed by atoms with Gasteiger partial charge in [-0.05, 0) is 131 Å². The number of aromatic nitrogens is 1. The fourth-order valence-corrected chi connectivity index (χ4v) is 10.1. The van der Waals surface area contributed by atoms with Crippen LogP contribution in [0.3, 0.4) is 0 Å². The molecule has 1 aromatic heterocycles. The number of benzene rings is 8. The Labute approximate surface area is 427 Å². The van der Waals surface area contributed by atoms with Gasteiger partial charge in [0.2, 0.25) is 0 Å². The van der Waals surface area contributed by atoms with Gasteiger partial charge < -0.3 is 4.57 Å². The molecule has 0 spiro atoms. The third kappa shape index (κ3) is 12.5. The van der Waals surface area contributed by atoms with E-state index in [1.807, 2.05) is 19.9 Å². The molecular weight excluding hydrogens is 855 g/mol. The number of allylic oxidation sites excluding steroid dienone is 4. The molecule has 0 fully saturated rings. The Morgan fingerprint density at radius 3 is 1.75 bits per heavy atom. The standard InChI is InChI=1S/C31H33N.C27H22.C8H10.C2H6.C2H4/c1-5-21(2)32-30-18-12-11-17-28(30)29-20-19-26(23(4)31(29)32)27-16-10-9-15-25(27)22(3)24-13-7-6-8-14-24;1-20(2)24-15-6-7-17-26(24)22-13-10-14-23(19-22)27-18-9-8-16-25(27)21-11-4-3-5-12-21;1-2-8-6-4-3-5-7-8;2*1-2/h6-9,11-15,17-20,22,25,27H,2,5,10,16H2,1,3-4H3;3-19H,1H2,2H3;3-7H,2H2,1H3;1-2H3;1-2H2/t22-,25?,27?;;;;/m0..../s1. The fraction of sp³-hybridized carbons (Fsp3) is 0.200. The molecule has 0 N–H and O–H groups in total. The fourth-order valence-electron chi connectivity index (χ4n) is 10.1. The molecule has 0 saturated heterocycles. The number of hydrogen-bond donors (Lipinski definition) is 0. The molecule has 3 atom stereocenters. The molecule has 1 heterocycles. The van der Waals surface area contributed by atoms with E-state index >= 15 is 0 Å². The molecule has 0 radical (unpaired) electrons. The van der Waals surface area contributed by atoms with Gasteiger partial charge in [-0.1, -0.05) is 254 Å². The molecule has 360 valence electrons. The summed E-state index contributed by atoms with van der Waals surface area (Å²) in [5.41, 5.74) is 19.2. The van der Waals surface area contributed by atoms with Gasteiger partial charge in [0, 0.05) is 16.5 Å². The molecule has 9 aromatic rings. The second-order valence-electron chi connectivity index (χ2n) is 18.0. The number of para-hydroxylation sites is 1. The maximum atomic E-state index is 4.43.